The number of hydrogen-bond donors (Lipinski definition) is 1. The van der Waals surface area contributed by atoms with E-state index in [2.05, 4.69) is 33.2 Å². The summed E-state index contributed by atoms with van der Waals surface area (Å²) in [4.78, 5) is 23.4. The van der Waals surface area contributed by atoms with Gasteiger partial charge in [0.25, 0.3) is 0 Å². The molecule has 0 spiro atoms. The number of aromatic nitrogens is 2. The fraction of sp³-hybridized carbons (Fsp3) is 0.292. The minimum Gasteiger partial charge on any atom is -0.356 e. The molecule has 0 radical (unpaired) electrons. The normalized spacial score (nSPS) is 14.5. The van der Waals surface area contributed by atoms with E-state index in [4.69, 9.17) is 0 Å². The minimum absolute atomic E-state index is 0.00907. The van der Waals surface area contributed by atoms with Crippen molar-refractivity contribution in [3.8, 4) is 11.3 Å². The molecule has 0 saturated carbocycles. The third kappa shape index (κ3) is 4.64. The first kappa shape index (κ1) is 20.0. The van der Waals surface area contributed by atoms with Crippen LogP contribution in [0, 0.1) is 18.7 Å². The molecule has 5 nitrogen and oxygen atoms in total. The molecule has 1 N–H and O–H groups in total. The monoisotopic (exact) mass is 404 g/mol. The second kappa shape index (κ2) is 9.03. The molecule has 1 saturated heterocycles. The number of anilines is 1. The number of piperidine rings is 1. The minimum atomic E-state index is -0.287. The predicted octanol–water partition coefficient (Wildman–Crippen LogP) is 4.12. The number of nitrogens with one attached hydrogen (secondary N) is 1. The van der Waals surface area contributed by atoms with Crippen LogP contribution in [-0.2, 0) is 11.3 Å². The molecule has 6 heteroatoms. The van der Waals surface area contributed by atoms with Crippen LogP contribution < -0.4 is 10.2 Å². The lowest BCUT2D eigenvalue weighted by atomic mass is 9.95. The number of carbonyl (C=O) groups is 1. The summed E-state index contributed by atoms with van der Waals surface area (Å²) in [6, 6.07) is 16.4. The Morgan fingerprint density at radius 1 is 1.10 bits per heavy atom. The van der Waals surface area contributed by atoms with E-state index < -0.39 is 0 Å². The van der Waals surface area contributed by atoms with Gasteiger partial charge in [-0.15, -0.1) is 0 Å². The van der Waals surface area contributed by atoms with Crippen molar-refractivity contribution in [1.29, 1.82) is 0 Å². The van der Waals surface area contributed by atoms with E-state index in [9.17, 15) is 9.18 Å². The Kier molecular flexibility index (Phi) is 6.02. The average Bonchev–Trinajstić information content (AvgIpc) is 2.78. The van der Waals surface area contributed by atoms with Gasteiger partial charge in [0.2, 0.25) is 5.91 Å². The summed E-state index contributed by atoms with van der Waals surface area (Å²) in [5.74, 6) is 0.643. The van der Waals surface area contributed by atoms with Gasteiger partial charge in [-0.1, -0.05) is 36.4 Å². The number of amides is 1. The Hall–Kier alpha value is -3.28. The van der Waals surface area contributed by atoms with Gasteiger partial charge in [-0.3, -0.25) is 4.79 Å². The number of rotatable bonds is 5. The highest BCUT2D eigenvalue weighted by Gasteiger charge is 2.25. The Bertz CT molecular complexity index is 1030. The van der Waals surface area contributed by atoms with Gasteiger partial charge in [-0.25, -0.2) is 14.4 Å². The van der Waals surface area contributed by atoms with E-state index in [1.54, 1.807) is 6.07 Å². The number of benzene rings is 2. The summed E-state index contributed by atoms with van der Waals surface area (Å²) in [7, 11) is 0. The molecule has 1 aliphatic heterocycles. The zero-order valence-electron chi connectivity index (χ0n) is 17.0. The third-order valence-electron chi connectivity index (χ3n) is 5.68. The quantitative estimate of drug-likeness (QED) is 0.695. The summed E-state index contributed by atoms with van der Waals surface area (Å²) < 4.78 is 13.5. The molecular weight excluding hydrogens is 379 g/mol. The molecule has 2 heterocycles. The van der Waals surface area contributed by atoms with Gasteiger partial charge in [0.1, 0.15) is 18.0 Å². The van der Waals surface area contributed by atoms with Crippen LogP contribution in [-0.4, -0.2) is 29.0 Å². The second-order valence-corrected chi connectivity index (χ2v) is 7.68. The standard InChI is InChI=1S/C24H25FN4O/c1-17-5-2-3-6-20(17)15-26-24(30)18-9-11-29(12-10-18)23-14-22(27-16-28-23)19-7-4-8-21(25)13-19/h2-8,13-14,16,18H,9-12,15H2,1H3,(H,26,30). The van der Waals surface area contributed by atoms with E-state index in [0.717, 1.165) is 42.9 Å². The summed E-state index contributed by atoms with van der Waals surface area (Å²) in [5, 5.41) is 3.08. The molecule has 1 fully saturated rings. The molecule has 1 aromatic heterocycles. The first-order valence-electron chi connectivity index (χ1n) is 10.3. The zero-order chi connectivity index (χ0) is 20.9. The first-order chi connectivity index (χ1) is 14.6. The van der Waals surface area contributed by atoms with Gasteiger partial charge in [0.05, 0.1) is 5.69 Å². The Labute approximate surface area is 176 Å². The lowest BCUT2D eigenvalue weighted by molar-refractivity contribution is -0.125. The molecule has 0 aliphatic carbocycles. The van der Waals surface area contributed by atoms with Gasteiger partial charge >= 0.3 is 0 Å². The summed E-state index contributed by atoms with van der Waals surface area (Å²) in [6.07, 6.45) is 3.06. The number of nitrogens with zero attached hydrogens (tertiary/aromatic N) is 3. The molecule has 1 amide bonds. The molecule has 4 rings (SSSR count). The Morgan fingerprint density at radius 3 is 2.67 bits per heavy atom. The number of aryl methyl sites for hydroxylation is 1. The highest BCUT2D eigenvalue weighted by Crippen LogP contribution is 2.25. The van der Waals surface area contributed by atoms with Crippen molar-refractivity contribution in [3.63, 3.8) is 0 Å². The summed E-state index contributed by atoms with van der Waals surface area (Å²) in [5.41, 5.74) is 3.75. The van der Waals surface area contributed by atoms with Gasteiger partial charge < -0.3 is 10.2 Å². The highest BCUT2D eigenvalue weighted by atomic mass is 19.1. The number of hydrogen-bond acceptors (Lipinski definition) is 4. The molecule has 0 atom stereocenters. The van der Waals surface area contributed by atoms with Crippen LogP contribution in [0.4, 0.5) is 10.2 Å². The van der Waals surface area contributed by atoms with Crippen molar-refractivity contribution < 1.29 is 9.18 Å². The van der Waals surface area contributed by atoms with Crippen molar-refractivity contribution in [2.45, 2.75) is 26.3 Å². The largest absolute Gasteiger partial charge is 0.356 e. The Morgan fingerprint density at radius 2 is 1.90 bits per heavy atom. The van der Waals surface area contributed by atoms with Crippen LogP contribution in [0.25, 0.3) is 11.3 Å². The van der Waals surface area contributed by atoms with Crippen molar-refractivity contribution >= 4 is 11.7 Å². The maximum absolute atomic E-state index is 13.5. The first-order valence-corrected chi connectivity index (χ1v) is 10.3. The zero-order valence-corrected chi connectivity index (χ0v) is 17.0. The van der Waals surface area contributed by atoms with Crippen LogP contribution in [0.1, 0.15) is 24.0 Å². The summed E-state index contributed by atoms with van der Waals surface area (Å²) in [6.45, 7) is 4.12. The van der Waals surface area contributed by atoms with Gasteiger partial charge in [-0.05, 0) is 43.0 Å². The van der Waals surface area contributed by atoms with Crippen LogP contribution in [0.15, 0.2) is 60.9 Å². The molecule has 2 aromatic carbocycles. The summed E-state index contributed by atoms with van der Waals surface area (Å²) >= 11 is 0. The van der Waals surface area contributed by atoms with Gasteiger partial charge in [-0.2, -0.15) is 0 Å². The maximum Gasteiger partial charge on any atom is 0.223 e. The van der Waals surface area contributed by atoms with Gasteiger partial charge in [0, 0.05) is 37.2 Å². The number of carbonyl (C=O) groups excluding carboxylic acids is 1. The van der Waals surface area contributed by atoms with E-state index in [1.807, 2.05) is 30.3 Å². The van der Waals surface area contributed by atoms with Crippen molar-refractivity contribution in [2.24, 2.45) is 5.92 Å². The molecule has 30 heavy (non-hydrogen) atoms. The van der Waals surface area contributed by atoms with Crippen LogP contribution in [0.5, 0.6) is 0 Å². The molecule has 0 bridgehead atoms. The number of halogens is 1. The van der Waals surface area contributed by atoms with Crippen molar-refractivity contribution in [1.82, 2.24) is 15.3 Å². The van der Waals surface area contributed by atoms with Crippen LogP contribution in [0.3, 0.4) is 0 Å². The lowest BCUT2D eigenvalue weighted by Crippen LogP contribution is -2.40. The van der Waals surface area contributed by atoms with E-state index >= 15 is 0 Å². The molecular formula is C24H25FN4O. The SMILES string of the molecule is Cc1ccccc1CNC(=O)C1CCN(c2cc(-c3cccc(F)c3)ncn2)CC1. The molecule has 154 valence electrons. The Balaban J connectivity index is 1.35. The van der Waals surface area contributed by atoms with E-state index in [0.29, 0.717) is 12.2 Å². The molecule has 3 aromatic rings. The predicted molar refractivity (Wildman–Crippen MR) is 115 cm³/mol. The maximum atomic E-state index is 13.5. The second-order valence-electron chi connectivity index (χ2n) is 7.68. The van der Waals surface area contributed by atoms with Crippen molar-refractivity contribution in [2.75, 3.05) is 18.0 Å². The van der Waals surface area contributed by atoms with Crippen LogP contribution in [0.2, 0.25) is 0 Å². The highest BCUT2D eigenvalue weighted by molar-refractivity contribution is 5.79. The topological polar surface area (TPSA) is 58.1 Å². The van der Waals surface area contributed by atoms with E-state index in [1.165, 1.54) is 24.0 Å². The van der Waals surface area contributed by atoms with E-state index in [-0.39, 0.29) is 17.6 Å². The molecule has 0 unspecified atom stereocenters. The van der Waals surface area contributed by atoms with Crippen molar-refractivity contribution in [3.05, 3.63) is 77.9 Å². The average molecular weight is 404 g/mol. The van der Waals surface area contributed by atoms with Gasteiger partial charge in [0.15, 0.2) is 0 Å². The molecule has 1 aliphatic rings. The smallest absolute Gasteiger partial charge is 0.223 e. The fourth-order valence-corrected chi connectivity index (χ4v) is 3.83. The fourth-order valence-electron chi connectivity index (χ4n) is 3.83. The van der Waals surface area contributed by atoms with Crippen LogP contribution >= 0.6 is 0 Å². The third-order valence-corrected chi connectivity index (χ3v) is 5.68. The lowest BCUT2D eigenvalue weighted by Gasteiger charge is -2.32.